The van der Waals surface area contributed by atoms with Crippen LogP contribution in [-0.4, -0.2) is 36.5 Å². The van der Waals surface area contributed by atoms with Crippen molar-refractivity contribution in [2.45, 2.75) is 39.8 Å². The van der Waals surface area contributed by atoms with Gasteiger partial charge in [-0.05, 0) is 84.9 Å². The fourth-order valence-electron chi connectivity index (χ4n) is 4.14. The SMILES string of the molecule is Cc1cc2c(cc1C)CN(CCCN(C)CCc1csc3ccccc13)C2. The lowest BCUT2D eigenvalue weighted by Crippen LogP contribution is -2.26. The van der Waals surface area contributed by atoms with Crippen LogP contribution in [0.1, 0.15) is 34.2 Å². The van der Waals surface area contributed by atoms with Gasteiger partial charge in [-0.1, -0.05) is 30.3 Å². The Morgan fingerprint density at radius 1 is 1.00 bits per heavy atom. The molecule has 0 bridgehead atoms. The maximum absolute atomic E-state index is 2.60. The molecule has 0 saturated heterocycles. The van der Waals surface area contributed by atoms with Crippen LogP contribution in [0.4, 0.5) is 0 Å². The predicted molar refractivity (Wildman–Crippen MR) is 118 cm³/mol. The first kappa shape index (κ1) is 18.7. The van der Waals surface area contributed by atoms with Crippen LogP contribution in [0.15, 0.2) is 41.8 Å². The number of hydrogen-bond donors (Lipinski definition) is 0. The van der Waals surface area contributed by atoms with Crippen LogP contribution in [0.25, 0.3) is 10.1 Å². The van der Waals surface area contributed by atoms with Crippen molar-refractivity contribution in [2.24, 2.45) is 0 Å². The first-order valence-electron chi connectivity index (χ1n) is 10.0. The van der Waals surface area contributed by atoms with Crippen molar-refractivity contribution in [1.29, 1.82) is 0 Å². The fourth-order valence-corrected chi connectivity index (χ4v) is 5.14. The molecule has 3 heteroatoms. The summed E-state index contributed by atoms with van der Waals surface area (Å²) in [5.74, 6) is 0. The third-order valence-electron chi connectivity index (χ3n) is 5.94. The van der Waals surface area contributed by atoms with Crippen LogP contribution in [0, 0.1) is 13.8 Å². The molecule has 0 fully saturated rings. The number of aryl methyl sites for hydroxylation is 2. The number of thiophene rings is 1. The maximum atomic E-state index is 2.60. The van der Waals surface area contributed by atoms with Crippen molar-refractivity contribution in [2.75, 3.05) is 26.7 Å². The molecular formula is C24H30N2S. The monoisotopic (exact) mass is 378 g/mol. The van der Waals surface area contributed by atoms with Crippen molar-refractivity contribution in [3.05, 3.63) is 69.6 Å². The van der Waals surface area contributed by atoms with Gasteiger partial charge < -0.3 is 4.90 Å². The molecule has 1 aromatic heterocycles. The number of rotatable bonds is 7. The smallest absolute Gasteiger partial charge is 0.0345 e. The minimum atomic E-state index is 1.13. The quantitative estimate of drug-likeness (QED) is 0.543. The maximum Gasteiger partial charge on any atom is 0.0345 e. The highest BCUT2D eigenvalue weighted by Gasteiger charge is 2.19. The van der Waals surface area contributed by atoms with Gasteiger partial charge >= 0.3 is 0 Å². The number of benzene rings is 2. The van der Waals surface area contributed by atoms with Crippen LogP contribution in [-0.2, 0) is 19.5 Å². The Bertz CT molecular complexity index is 896. The zero-order chi connectivity index (χ0) is 18.8. The Morgan fingerprint density at radius 3 is 2.44 bits per heavy atom. The van der Waals surface area contributed by atoms with E-state index in [1.807, 2.05) is 11.3 Å². The van der Waals surface area contributed by atoms with Crippen molar-refractivity contribution in [3.8, 4) is 0 Å². The normalized spacial score (nSPS) is 14.4. The molecule has 4 rings (SSSR count). The van der Waals surface area contributed by atoms with E-state index in [2.05, 4.69) is 72.5 Å². The molecule has 0 radical (unpaired) electrons. The van der Waals surface area contributed by atoms with E-state index in [0.717, 1.165) is 26.1 Å². The predicted octanol–water partition coefficient (Wildman–Crippen LogP) is 5.40. The summed E-state index contributed by atoms with van der Waals surface area (Å²) in [6.45, 7) is 10.2. The lowest BCUT2D eigenvalue weighted by Gasteiger charge is -2.19. The first-order chi connectivity index (χ1) is 13.1. The van der Waals surface area contributed by atoms with E-state index in [9.17, 15) is 0 Å². The molecule has 0 saturated carbocycles. The average molecular weight is 379 g/mol. The highest BCUT2D eigenvalue weighted by atomic mass is 32.1. The Labute approximate surface area is 167 Å². The molecule has 2 aromatic carbocycles. The highest BCUT2D eigenvalue weighted by molar-refractivity contribution is 7.17. The third-order valence-corrected chi connectivity index (χ3v) is 6.95. The largest absolute Gasteiger partial charge is 0.306 e. The highest BCUT2D eigenvalue weighted by Crippen LogP contribution is 2.27. The van der Waals surface area contributed by atoms with Gasteiger partial charge in [0.05, 0.1) is 0 Å². The van der Waals surface area contributed by atoms with Crippen LogP contribution >= 0.6 is 11.3 Å². The summed E-state index contributed by atoms with van der Waals surface area (Å²) in [6.07, 6.45) is 2.39. The van der Waals surface area contributed by atoms with Gasteiger partial charge in [0.1, 0.15) is 0 Å². The van der Waals surface area contributed by atoms with E-state index >= 15 is 0 Å². The third kappa shape index (κ3) is 4.26. The molecule has 1 aliphatic heterocycles. The van der Waals surface area contributed by atoms with Crippen molar-refractivity contribution >= 4 is 21.4 Å². The van der Waals surface area contributed by atoms with E-state index in [1.165, 1.54) is 57.4 Å². The standard InChI is InChI=1S/C24H30N2S/c1-18-13-21-15-26(16-22(21)14-19(18)2)11-6-10-25(3)12-9-20-17-27-24-8-5-4-7-23(20)24/h4-5,7-8,13-14,17H,6,9-12,15-16H2,1-3H3. The van der Waals surface area contributed by atoms with Gasteiger partial charge in [-0.25, -0.2) is 0 Å². The fraction of sp³-hybridized carbons (Fsp3) is 0.417. The van der Waals surface area contributed by atoms with Crippen LogP contribution in [0.2, 0.25) is 0 Å². The summed E-state index contributed by atoms with van der Waals surface area (Å²) in [7, 11) is 2.26. The van der Waals surface area contributed by atoms with Crippen molar-refractivity contribution in [1.82, 2.24) is 9.80 Å². The Morgan fingerprint density at radius 2 is 1.70 bits per heavy atom. The number of nitrogens with zero attached hydrogens (tertiary/aromatic N) is 2. The Hall–Kier alpha value is -1.68. The first-order valence-corrected chi connectivity index (χ1v) is 10.9. The van der Waals surface area contributed by atoms with E-state index in [0.29, 0.717) is 0 Å². The van der Waals surface area contributed by atoms with Gasteiger partial charge in [-0.3, -0.25) is 4.90 Å². The molecule has 0 aliphatic carbocycles. The van der Waals surface area contributed by atoms with Crippen LogP contribution in [0.3, 0.4) is 0 Å². The second-order valence-corrected chi connectivity index (χ2v) is 8.99. The van der Waals surface area contributed by atoms with Gasteiger partial charge in [-0.2, -0.15) is 0 Å². The van der Waals surface area contributed by atoms with Gasteiger partial charge in [0, 0.05) is 30.9 Å². The van der Waals surface area contributed by atoms with Crippen molar-refractivity contribution in [3.63, 3.8) is 0 Å². The molecule has 142 valence electrons. The Kier molecular flexibility index (Phi) is 5.63. The zero-order valence-electron chi connectivity index (χ0n) is 16.8. The molecule has 1 aliphatic rings. The van der Waals surface area contributed by atoms with Gasteiger partial charge in [-0.15, -0.1) is 11.3 Å². The summed E-state index contributed by atoms with van der Waals surface area (Å²) < 4.78 is 1.41. The van der Waals surface area contributed by atoms with E-state index in [1.54, 1.807) is 0 Å². The van der Waals surface area contributed by atoms with Crippen LogP contribution < -0.4 is 0 Å². The average Bonchev–Trinajstić information content (AvgIpc) is 3.24. The molecule has 0 amide bonds. The number of fused-ring (bicyclic) bond motifs is 2. The topological polar surface area (TPSA) is 6.48 Å². The Balaban J connectivity index is 1.22. The molecule has 3 aromatic rings. The molecule has 2 nitrogen and oxygen atoms in total. The zero-order valence-corrected chi connectivity index (χ0v) is 17.6. The molecule has 0 N–H and O–H groups in total. The van der Waals surface area contributed by atoms with Crippen molar-refractivity contribution < 1.29 is 0 Å². The summed E-state index contributed by atoms with van der Waals surface area (Å²) in [4.78, 5) is 5.09. The molecule has 27 heavy (non-hydrogen) atoms. The molecule has 0 unspecified atom stereocenters. The van der Waals surface area contributed by atoms with Gasteiger partial charge in [0.15, 0.2) is 0 Å². The van der Waals surface area contributed by atoms with E-state index in [-0.39, 0.29) is 0 Å². The summed E-state index contributed by atoms with van der Waals surface area (Å²) >= 11 is 1.87. The van der Waals surface area contributed by atoms with E-state index < -0.39 is 0 Å². The van der Waals surface area contributed by atoms with Crippen LogP contribution in [0.5, 0.6) is 0 Å². The lowest BCUT2D eigenvalue weighted by atomic mass is 10.0. The minimum Gasteiger partial charge on any atom is -0.306 e. The summed E-state index contributed by atoms with van der Waals surface area (Å²) in [6, 6.07) is 13.6. The van der Waals surface area contributed by atoms with E-state index in [4.69, 9.17) is 0 Å². The summed E-state index contributed by atoms with van der Waals surface area (Å²) in [5, 5.41) is 3.78. The summed E-state index contributed by atoms with van der Waals surface area (Å²) in [5.41, 5.74) is 7.43. The molecule has 0 atom stereocenters. The van der Waals surface area contributed by atoms with Gasteiger partial charge in [0.25, 0.3) is 0 Å². The second kappa shape index (κ2) is 8.14. The second-order valence-electron chi connectivity index (χ2n) is 8.08. The molecular weight excluding hydrogens is 348 g/mol. The number of likely N-dealkylation sites (N-methyl/N-ethyl adjacent to an activating group) is 1. The molecule has 2 heterocycles. The van der Waals surface area contributed by atoms with Gasteiger partial charge in [0.2, 0.25) is 0 Å². The minimum absolute atomic E-state index is 1.13. The number of hydrogen-bond acceptors (Lipinski definition) is 3. The molecule has 0 spiro atoms. The lowest BCUT2D eigenvalue weighted by molar-refractivity contribution is 0.251.